The van der Waals surface area contributed by atoms with E-state index in [0.717, 1.165) is 25.5 Å². The van der Waals surface area contributed by atoms with Crippen molar-refractivity contribution in [2.24, 2.45) is 7.05 Å². The summed E-state index contributed by atoms with van der Waals surface area (Å²) in [5.74, 6) is -0.554. The molecule has 2 aliphatic heterocycles. The lowest BCUT2D eigenvalue weighted by Gasteiger charge is -2.35. The molecule has 7 nitrogen and oxygen atoms in total. The van der Waals surface area contributed by atoms with Crippen LogP contribution in [0, 0.1) is 5.82 Å². The minimum absolute atomic E-state index is 0.0268. The van der Waals surface area contributed by atoms with E-state index >= 15 is 0 Å². The van der Waals surface area contributed by atoms with Crippen molar-refractivity contribution < 1.29 is 17.6 Å². The number of rotatable bonds is 5. The minimum atomic E-state index is -3.76. The van der Waals surface area contributed by atoms with E-state index < -0.39 is 15.8 Å². The van der Waals surface area contributed by atoms with Gasteiger partial charge in [-0.2, -0.15) is 4.31 Å². The Kier molecular flexibility index (Phi) is 5.95. The van der Waals surface area contributed by atoms with Gasteiger partial charge in [-0.15, -0.1) is 0 Å². The van der Waals surface area contributed by atoms with E-state index in [2.05, 4.69) is 15.5 Å². The Morgan fingerprint density at radius 1 is 1.10 bits per heavy atom. The third kappa shape index (κ3) is 4.14. The number of halogens is 1. The van der Waals surface area contributed by atoms with Crippen LogP contribution in [0.25, 0.3) is 0 Å². The molecule has 1 amide bonds. The predicted octanol–water partition coefficient (Wildman–Crippen LogP) is 1.83. The number of amides is 1. The number of hydrogen-bond acceptors (Lipinski definition) is 4. The molecule has 2 fully saturated rings. The van der Waals surface area contributed by atoms with Gasteiger partial charge in [0.15, 0.2) is 0 Å². The second-order valence-corrected chi connectivity index (χ2v) is 9.85. The zero-order valence-electron chi connectivity index (χ0n) is 17.1. The standard InChI is InChI=1S/C21H27FN4O3S/c1-23-9-3-7-19(23)20-8-4-10-25(20)16-21(27)24-11-13-26(14-12-24)30(28,29)18-6-2-5-17(22)15-18/h2-3,5-7,9,15,20H,4,8,10-14,16H2,1H3/t20-/m0/s1. The molecule has 0 saturated carbocycles. The Hall–Kier alpha value is -2.23. The summed E-state index contributed by atoms with van der Waals surface area (Å²) in [5.41, 5.74) is 1.21. The van der Waals surface area contributed by atoms with Gasteiger partial charge in [0.25, 0.3) is 0 Å². The second-order valence-electron chi connectivity index (χ2n) is 7.91. The molecule has 2 aliphatic rings. The summed E-state index contributed by atoms with van der Waals surface area (Å²) < 4.78 is 42.4. The third-order valence-corrected chi connectivity index (χ3v) is 7.95. The van der Waals surface area contributed by atoms with Crippen molar-refractivity contribution in [3.05, 3.63) is 54.1 Å². The number of aromatic nitrogens is 1. The van der Waals surface area contributed by atoms with Crippen molar-refractivity contribution in [2.45, 2.75) is 23.8 Å². The van der Waals surface area contributed by atoms with Gasteiger partial charge in [-0.3, -0.25) is 9.69 Å². The molecule has 1 aromatic heterocycles. The molecular weight excluding hydrogens is 407 g/mol. The number of carbonyl (C=O) groups is 1. The van der Waals surface area contributed by atoms with Crippen LogP contribution in [0.5, 0.6) is 0 Å². The number of carbonyl (C=O) groups excluding carboxylic acids is 1. The number of piperazine rings is 1. The Morgan fingerprint density at radius 2 is 1.87 bits per heavy atom. The fourth-order valence-corrected chi connectivity index (χ4v) is 5.85. The average molecular weight is 435 g/mol. The van der Waals surface area contributed by atoms with E-state index in [1.165, 1.54) is 28.2 Å². The van der Waals surface area contributed by atoms with Gasteiger partial charge in [0.05, 0.1) is 17.5 Å². The Labute approximate surface area is 176 Å². The zero-order valence-corrected chi connectivity index (χ0v) is 17.9. The van der Waals surface area contributed by atoms with Crippen molar-refractivity contribution in [3.63, 3.8) is 0 Å². The molecule has 0 N–H and O–H groups in total. The van der Waals surface area contributed by atoms with E-state index in [1.807, 2.05) is 19.3 Å². The van der Waals surface area contributed by atoms with Crippen molar-refractivity contribution in [1.82, 2.24) is 18.7 Å². The molecule has 0 aliphatic carbocycles. The molecule has 162 valence electrons. The van der Waals surface area contributed by atoms with Crippen LogP contribution in [-0.2, 0) is 21.9 Å². The number of aryl methyl sites for hydroxylation is 1. The number of hydrogen-bond donors (Lipinski definition) is 0. The molecule has 30 heavy (non-hydrogen) atoms. The summed E-state index contributed by atoms with van der Waals surface area (Å²) in [6, 6.07) is 9.40. The molecule has 4 rings (SSSR count). The quantitative estimate of drug-likeness (QED) is 0.720. The molecule has 2 aromatic rings. The van der Waals surface area contributed by atoms with E-state index in [0.29, 0.717) is 19.6 Å². The van der Waals surface area contributed by atoms with E-state index in [1.54, 1.807) is 4.90 Å². The molecular formula is C21H27FN4O3S. The van der Waals surface area contributed by atoms with Crippen LogP contribution >= 0.6 is 0 Å². The third-order valence-electron chi connectivity index (χ3n) is 6.05. The van der Waals surface area contributed by atoms with Gasteiger partial charge in [0, 0.05) is 45.1 Å². The number of sulfonamides is 1. The topological polar surface area (TPSA) is 65.9 Å². The second kappa shape index (κ2) is 8.49. The number of benzene rings is 1. The van der Waals surface area contributed by atoms with Gasteiger partial charge in [0.1, 0.15) is 5.82 Å². The first kappa shape index (κ1) is 21.0. The highest BCUT2D eigenvalue weighted by molar-refractivity contribution is 7.89. The summed E-state index contributed by atoms with van der Waals surface area (Å²) in [7, 11) is -1.74. The smallest absolute Gasteiger partial charge is 0.243 e. The van der Waals surface area contributed by atoms with E-state index in [-0.39, 0.29) is 29.9 Å². The minimum Gasteiger partial charge on any atom is -0.353 e. The molecule has 0 spiro atoms. The largest absolute Gasteiger partial charge is 0.353 e. The molecule has 1 atom stereocenters. The molecule has 0 bridgehead atoms. The maximum Gasteiger partial charge on any atom is 0.243 e. The molecule has 9 heteroatoms. The highest BCUT2D eigenvalue weighted by Gasteiger charge is 2.33. The van der Waals surface area contributed by atoms with Crippen LogP contribution in [0.3, 0.4) is 0 Å². The molecule has 3 heterocycles. The van der Waals surface area contributed by atoms with Crippen molar-refractivity contribution in [2.75, 3.05) is 39.3 Å². The highest BCUT2D eigenvalue weighted by atomic mass is 32.2. The first-order chi connectivity index (χ1) is 14.4. The van der Waals surface area contributed by atoms with Gasteiger partial charge in [-0.05, 0) is 49.7 Å². The van der Waals surface area contributed by atoms with Gasteiger partial charge in [-0.25, -0.2) is 12.8 Å². The van der Waals surface area contributed by atoms with Crippen molar-refractivity contribution in [3.8, 4) is 0 Å². The SMILES string of the molecule is Cn1cccc1[C@@H]1CCCN1CC(=O)N1CCN(S(=O)(=O)c2cccc(F)c2)CC1. The van der Waals surface area contributed by atoms with Gasteiger partial charge in [0.2, 0.25) is 15.9 Å². The number of likely N-dealkylation sites (tertiary alicyclic amines) is 1. The molecule has 2 saturated heterocycles. The van der Waals surface area contributed by atoms with Crippen LogP contribution in [0.4, 0.5) is 4.39 Å². The van der Waals surface area contributed by atoms with Crippen LogP contribution in [-0.4, -0.2) is 72.3 Å². The zero-order chi connectivity index (χ0) is 21.3. The summed E-state index contributed by atoms with van der Waals surface area (Å²) >= 11 is 0. The Balaban J connectivity index is 1.36. The van der Waals surface area contributed by atoms with Crippen LogP contribution in [0.1, 0.15) is 24.6 Å². The predicted molar refractivity (Wildman–Crippen MR) is 111 cm³/mol. The van der Waals surface area contributed by atoms with Crippen LogP contribution in [0.2, 0.25) is 0 Å². The Morgan fingerprint density at radius 3 is 2.53 bits per heavy atom. The highest BCUT2D eigenvalue weighted by Crippen LogP contribution is 2.31. The molecule has 0 unspecified atom stereocenters. The first-order valence-corrected chi connectivity index (χ1v) is 11.7. The average Bonchev–Trinajstić information content (AvgIpc) is 3.36. The Bertz CT molecular complexity index is 1010. The maximum atomic E-state index is 13.4. The van der Waals surface area contributed by atoms with Crippen molar-refractivity contribution >= 4 is 15.9 Å². The molecule has 1 aromatic carbocycles. The lowest BCUT2D eigenvalue weighted by atomic mass is 10.1. The van der Waals surface area contributed by atoms with Gasteiger partial charge < -0.3 is 9.47 Å². The summed E-state index contributed by atoms with van der Waals surface area (Å²) in [4.78, 5) is 16.8. The monoisotopic (exact) mass is 434 g/mol. The lowest BCUT2D eigenvalue weighted by molar-refractivity contribution is -0.133. The van der Waals surface area contributed by atoms with Gasteiger partial charge in [-0.1, -0.05) is 6.07 Å². The van der Waals surface area contributed by atoms with Crippen LogP contribution < -0.4 is 0 Å². The van der Waals surface area contributed by atoms with Crippen LogP contribution in [0.15, 0.2) is 47.5 Å². The fraction of sp³-hybridized carbons (Fsp3) is 0.476. The number of nitrogens with zero attached hydrogens (tertiary/aromatic N) is 4. The maximum absolute atomic E-state index is 13.4. The summed E-state index contributed by atoms with van der Waals surface area (Å²) in [5, 5.41) is 0. The normalized spacial score (nSPS) is 21.3. The van der Waals surface area contributed by atoms with Gasteiger partial charge >= 0.3 is 0 Å². The fourth-order valence-electron chi connectivity index (χ4n) is 4.40. The lowest BCUT2D eigenvalue weighted by Crippen LogP contribution is -2.52. The van der Waals surface area contributed by atoms with E-state index in [9.17, 15) is 17.6 Å². The summed E-state index contributed by atoms with van der Waals surface area (Å²) in [6.07, 6.45) is 4.11. The van der Waals surface area contributed by atoms with Crippen molar-refractivity contribution in [1.29, 1.82) is 0 Å². The first-order valence-electron chi connectivity index (χ1n) is 10.2. The molecule has 0 radical (unpaired) electrons. The summed E-state index contributed by atoms with van der Waals surface area (Å²) in [6.45, 7) is 2.34. The van der Waals surface area contributed by atoms with E-state index in [4.69, 9.17) is 0 Å².